The zero-order valence-corrected chi connectivity index (χ0v) is 16.8. The van der Waals surface area contributed by atoms with E-state index in [1.807, 2.05) is 9.80 Å². The van der Waals surface area contributed by atoms with E-state index < -0.39 is 11.6 Å². The van der Waals surface area contributed by atoms with Gasteiger partial charge in [-0.15, -0.1) is 0 Å². The Labute approximate surface area is 170 Å². The van der Waals surface area contributed by atoms with Crippen LogP contribution in [-0.2, 0) is 16.1 Å². The molecular formula is C22H29F2N3O2. The van der Waals surface area contributed by atoms with Gasteiger partial charge >= 0.3 is 0 Å². The molecule has 3 saturated heterocycles. The number of piperidine rings is 2. The van der Waals surface area contributed by atoms with Crippen LogP contribution in [0.1, 0.15) is 44.1 Å². The lowest BCUT2D eigenvalue weighted by Gasteiger charge is -2.47. The lowest BCUT2D eigenvalue weighted by Crippen LogP contribution is -2.56. The molecule has 5 nitrogen and oxygen atoms in total. The van der Waals surface area contributed by atoms with Gasteiger partial charge in [-0.25, -0.2) is 8.78 Å². The summed E-state index contributed by atoms with van der Waals surface area (Å²) in [5.41, 5.74) is 0.517. The minimum Gasteiger partial charge on any atom is -0.343 e. The standard InChI is InChI=1S/C22H29F2N3O2/c23-18-6-4-16(19(24)13-18)14-25-12-8-20-17(15-25)5-7-22(29)27(20)11-2-10-26-9-1-3-21(26)28/h4,6,13,17,20H,1-3,5,7-12,14-15H2/t17-,20+/m1/s1. The van der Waals surface area contributed by atoms with E-state index >= 15 is 0 Å². The Bertz CT molecular complexity index is 772. The van der Waals surface area contributed by atoms with Gasteiger partial charge in [-0.3, -0.25) is 14.5 Å². The molecule has 0 saturated carbocycles. The molecular weight excluding hydrogens is 376 g/mol. The van der Waals surface area contributed by atoms with E-state index in [0.29, 0.717) is 37.4 Å². The van der Waals surface area contributed by atoms with E-state index in [2.05, 4.69) is 4.90 Å². The molecule has 3 aliphatic rings. The lowest BCUT2D eigenvalue weighted by atomic mass is 9.83. The van der Waals surface area contributed by atoms with Crippen molar-refractivity contribution in [1.29, 1.82) is 0 Å². The minimum atomic E-state index is -0.554. The molecule has 0 aromatic heterocycles. The molecule has 0 bridgehead atoms. The van der Waals surface area contributed by atoms with E-state index in [9.17, 15) is 18.4 Å². The average Bonchev–Trinajstić information content (AvgIpc) is 3.10. The fourth-order valence-electron chi connectivity index (χ4n) is 5.12. The summed E-state index contributed by atoms with van der Waals surface area (Å²) in [6.07, 6.45) is 4.72. The molecule has 29 heavy (non-hydrogen) atoms. The van der Waals surface area contributed by atoms with Gasteiger partial charge in [0.15, 0.2) is 0 Å². The summed E-state index contributed by atoms with van der Waals surface area (Å²) in [6, 6.07) is 4.00. The highest BCUT2D eigenvalue weighted by atomic mass is 19.1. The van der Waals surface area contributed by atoms with E-state index in [0.717, 1.165) is 57.9 Å². The van der Waals surface area contributed by atoms with Crippen LogP contribution < -0.4 is 0 Å². The van der Waals surface area contributed by atoms with Gasteiger partial charge in [0.1, 0.15) is 11.6 Å². The number of amides is 2. The summed E-state index contributed by atoms with van der Waals surface area (Å²) in [5, 5.41) is 0. The van der Waals surface area contributed by atoms with Gasteiger partial charge in [0.25, 0.3) is 0 Å². The fourth-order valence-corrected chi connectivity index (χ4v) is 5.12. The van der Waals surface area contributed by atoms with Gasteiger partial charge in [-0.05, 0) is 37.7 Å². The molecule has 1 aromatic rings. The summed E-state index contributed by atoms with van der Waals surface area (Å²) in [5.74, 6) is -0.212. The van der Waals surface area contributed by atoms with Crippen LogP contribution >= 0.6 is 0 Å². The summed E-state index contributed by atoms with van der Waals surface area (Å²) in [4.78, 5) is 30.5. The molecule has 0 aliphatic carbocycles. The molecule has 0 spiro atoms. The Morgan fingerprint density at radius 1 is 1.00 bits per heavy atom. The lowest BCUT2D eigenvalue weighted by molar-refractivity contribution is -0.141. The molecule has 4 rings (SSSR count). The highest BCUT2D eigenvalue weighted by molar-refractivity contribution is 5.78. The van der Waals surface area contributed by atoms with Gasteiger partial charge in [0.05, 0.1) is 0 Å². The number of likely N-dealkylation sites (tertiary alicyclic amines) is 3. The molecule has 0 unspecified atom stereocenters. The van der Waals surface area contributed by atoms with Gasteiger partial charge in [0, 0.05) is 69.8 Å². The minimum absolute atomic E-state index is 0.219. The van der Waals surface area contributed by atoms with Crippen LogP contribution in [0.15, 0.2) is 18.2 Å². The second kappa shape index (κ2) is 8.78. The van der Waals surface area contributed by atoms with Gasteiger partial charge in [0.2, 0.25) is 11.8 Å². The third-order valence-corrected chi connectivity index (χ3v) is 6.64. The molecule has 3 aliphatic heterocycles. The summed E-state index contributed by atoms with van der Waals surface area (Å²) >= 11 is 0. The third kappa shape index (κ3) is 4.60. The monoisotopic (exact) mass is 405 g/mol. The number of carbonyl (C=O) groups is 2. The molecule has 2 atom stereocenters. The molecule has 3 fully saturated rings. The van der Waals surface area contributed by atoms with Crippen molar-refractivity contribution in [2.45, 2.75) is 51.1 Å². The van der Waals surface area contributed by atoms with Crippen LogP contribution in [0.2, 0.25) is 0 Å². The van der Waals surface area contributed by atoms with Crippen LogP contribution in [0.25, 0.3) is 0 Å². The maximum atomic E-state index is 14.0. The maximum Gasteiger partial charge on any atom is 0.222 e. The second-order valence-corrected chi connectivity index (χ2v) is 8.55. The predicted molar refractivity (Wildman–Crippen MR) is 105 cm³/mol. The van der Waals surface area contributed by atoms with E-state index in [1.54, 1.807) is 0 Å². The Balaban J connectivity index is 1.32. The number of hydrogen-bond acceptors (Lipinski definition) is 3. The number of nitrogens with zero attached hydrogens (tertiary/aromatic N) is 3. The van der Waals surface area contributed by atoms with Gasteiger partial charge in [-0.1, -0.05) is 6.07 Å². The molecule has 1 aromatic carbocycles. The molecule has 7 heteroatoms. The van der Waals surface area contributed by atoms with Crippen molar-refractivity contribution in [1.82, 2.24) is 14.7 Å². The van der Waals surface area contributed by atoms with Crippen LogP contribution in [-0.4, -0.2) is 65.3 Å². The molecule has 3 heterocycles. The van der Waals surface area contributed by atoms with Crippen molar-refractivity contribution in [3.05, 3.63) is 35.4 Å². The van der Waals surface area contributed by atoms with Crippen molar-refractivity contribution in [2.75, 3.05) is 32.7 Å². The smallest absolute Gasteiger partial charge is 0.222 e. The normalized spacial score (nSPS) is 25.6. The first-order chi connectivity index (χ1) is 14.0. The topological polar surface area (TPSA) is 43.9 Å². The quantitative estimate of drug-likeness (QED) is 0.731. The second-order valence-electron chi connectivity index (χ2n) is 8.55. The summed E-state index contributed by atoms with van der Waals surface area (Å²) in [7, 11) is 0. The van der Waals surface area contributed by atoms with Crippen LogP contribution in [0, 0.1) is 17.6 Å². The molecule has 158 valence electrons. The Morgan fingerprint density at radius 3 is 2.62 bits per heavy atom. The van der Waals surface area contributed by atoms with E-state index in [1.165, 1.54) is 12.1 Å². The molecule has 2 amide bonds. The van der Waals surface area contributed by atoms with Crippen molar-refractivity contribution < 1.29 is 18.4 Å². The third-order valence-electron chi connectivity index (χ3n) is 6.64. The van der Waals surface area contributed by atoms with Crippen molar-refractivity contribution in [3.63, 3.8) is 0 Å². The SMILES string of the molecule is O=C1CCCN1CCCN1C(=O)CC[C@@H]2CN(Cc3ccc(F)cc3F)CC[C@@H]21. The van der Waals surface area contributed by atoms with Crippen molar-refractivity contribution >= 4 is 11.8 Å². The first-order valence-electron chi connectivity index (χ1n) is 10.7. The number of fused-ring (bicyclic) bond motifs is 1. The first kappa shape index (κ1) is 20.3. The fraction of sp³-hybridized carbons (Fsp3) is 0.636. The predicted octanol–water partition coefficient (Wildman–Crippen LogP) is 2.79. The van der Waals surface area contributed by atoms with Crippen LogP contribution in [0.4, 0.5) is 8.78 Å². The summed E-state index contributed by atoms with van der Waals surface area (Å²) < 4.78 is 27.1. The highest BCUT2D eigenvalue weighted by Gasteiger charge is 2.39. The zero-order chi connectivity index (χ0) is 20.4. The number of hydrogen-bond donors (Lipinski definition) is 0. The Morgan fingerprint density at radius 2 is 1.86 bits per heavy atom. The van der Waals surface area contributed by atoms with E-state index in [-0.39, 0.29) is 17.9 Å². The van der Waals surface area contributed by atoms with E-state index in [4.69, 9.17) is 0 Å². The highest BCUT2D eigenvalue weighted by Crippen LogP contribution is 2.32. The van der Waals surface area contributed by atoms with Crippen LogP contribution in [0.3, 0.4) is 0 Å². The summed E-state index contributed by atoms with van der Waals surface area (Å²) in [6.45, 7) is 4.38. The number of carbonyl (C=O) groups excluding carboxylic acids is 2. The zero-order valence-electron chi connectivity index (χ0n) is 16.8. The number of benzene rings is 1. The van der Waals surface area contributed by atoms with Gasteiger partial charge in [-0.2, -0.15) is 0 Å². The first-order valence-corrected chi connectivity index (χ1v) is 10.7. The maximum absolute atomic E-state index is 14.0. The average molecular weight is 405 g/mol. The van der Waals surface area contributed by atoms with Crippen molar-refractivity contribution in [3.8, 4) is 0 Å². The largest absolute Gasteiger partial charge is 0.343 e. The number of rotatable bonds is 6. The molecule has 0 N–H and O–H groups in total. The van der Waals surface area contributed by atoms with Crippen LogP contribution in [0.5, 0.6) is 0 Å². The number of halogens is 2. The van der Waals surface area contributed by atoms with Gasteiger partial charge < -0.3 is 9.80 Å². The molecule has 0 radical (unpaired) electrons. The van der Waals surface area contributed by atoms with Crippen molar-refractivity contribution in [2.24, 2.45) is 5.92 Å². The Kier molecular flexibility index (Phi) is 6.13. The Hall–Kier alpha value is -2.02.